The lowest BCUT2D eigenvalue weighted by molar-refractivity contribution is -0.143. The van der Waals surface area contributed by atoms with Crippen LogP contribution in [0.1, 0.15) is 341 Å². The quantitative estimate of drug-likeness (QED) is 0.0320. The molecular formula is C67H125NO5. The molecule has 0 saturated heterocycles. The molecule has 2 unspecified atom stereocenters. The molecule has 73 heavy (non-hydrogen) atoms. The second kappa shape index (κ2) is 62.4. The van der Waals surface area contributed by atoms with Crippen LogP contribution in [0.15, 0.2) is 48.6 Å². The van der Waals surface area contributed by atoms with Crippen LogP contribution in [0.2, 0.25) is 0 Å². The Morgan fingerprint density at radius 3 is 1.10 bits per heavy atom. The zero-order chi connectivity index (χ0) is 52.9. The molecule has 0 heterocycles. The number of hydrogen-bond acceptors (Lipinski definition) is 5. The minimum absolute atomic E-state index is 0.00911. The Hall–Kier alpha value is -2.18. The Morgan fingerprint density at radius 1 is 0.384 bits per heavy atom. The van der Waals surface area contributed by atoms with E-state index in [0.29, 0.717) is 19.4 Å². The first-order valence-electron chi connectivity index (χ1n) is 32.4. The van der Waals surface area contributed by atoms with Gasteiger partial charge >= 0.3 is 5.97 Å². The number of ether oxygens (including phenoxy) is 1. The van der Waals surface area contributed by atoms with Gasteiger partial charge in [0.2, 0.25) is 5.91 Å². The fourth-order valence-corrected chi connectivity index (χ4v) is 9.82. The van der Waals surface area contributed by atoms with Gasteiger partial charge in [-0.15, -0.1) is 0 Å². The SMILES string of the molecule is CCCC/C=C\C/C=C\CCCCCCCC(=O)OCCCCCCCCCCC/C=C\CCCCCCCCCC(=O)NC(CO)C(O)/C=C/CCCCCCCCCCCCCCCCCCCCCC. The van der Waals surface area contributed by atoms with Crippen LogP contribution in [-0.4, -0.2) is 47.4 Å². The molecule has 0 aliphatic carbocycles. The third-order valence-corrected chi connectivity index (χ3v) is 14.8. The van der Waals surface area contributed by atoms with Gasteiger partial charge in [-0.1, -0.05) is 294 Å². The van der Waals surface area contributed by atoms with Crippen molar-refractivity contribution >= 4 is 11.9 Å². The highest BCUT2D eigenvalue weighted by atomic mass is 16.5. The maximum absolute atomic E-state index is 12.5. The molecule has 0 rings (SSSR count). The molecule has 6 heteroatoms. The van der Waals surface area contributed by atoms with E-state index in [-0.39, 0.29) is 18.5 Å². The number of nitrogens with one attached hydrogen (secondary N) is 1. The predicted octanol–water partition coefficient (Wildman–Crippen LogP) is 20.5. The summed E-state index contributed by atoms with van der Waals surface area (Å²) < 4.78 is 5.47. The van der Waals surface area contributed by atoms with Crippen LogP contribution < -0.4 is 5.32 Å². The highest BCUT2D eigenvalue weighted by molar-refractivity contribution is 5.76. The van der Waals surface area contributed by atoms with E-state index in [1.165, 1.54) is 257 Å². The van der Waals surface area contributed by atoms with Crippen LogP contribution in [0.4, 0.5) is 0 Å². The Morgan fingerprint density at radius 2 is 0.699 bits per heavy atom. The van der Waals surface area contributed by atoms with E-state index in [2.05, 4.69) is 55.6 Å². The molecule has 0 fully saturated rings. The minimum atomic E-state index is -0.852. The summed E-state index contributed by atoms with van der Waals surface area (Å²) in [6.07, 6.45) is 80.1. The van der Waals surface area contributed by atoms with Gasteiger partial charge in [0, 0.05) is 12.8 Å². The first-order chi connectivity index (χ1) is 36.0. The predicted molar refractivity (Wildman–Crippen MR) is 319 cm³/mol. The summed E-state index contributed by atoms with van der Waals surface area (Å²) in [4.78, 5) is 24.5. The molecule has 1 amide bonds. The van der Waals surface area contributed by atoms with Crippen molar-refractivity contribution in [1.29, 1.82) is 0 Å². The molecule has 0 bridgehead atoms. The highest BCUT2D eigenvalue weighted by Crippen LogP contribution is 2.17. The summed E-state index contributed by atoms with van der Waals surface area (Å²) in [5.74, 6) is -0.0837. The minimum Gasteiger partial charge on any atom is -0.466 e. The molecule has 0 saturated carbocycles. The van der Waals surface area contributed by atoms with Crippen molar-refractivity contribution < 1.29 is 24.5 Å². The standard InChI is InChI=1S/C67H125NO5/c1-3-5-7-9-11-13-15-17-19-20-21-22-23-26-29-32-35-39-43-47-51-55-59-65(70)64(63-69)68-66(71)60-56-52-48-44-40-36-33-30-27-24-25-28-31-34-38-42-46-50-54-58-62-73-67(72)61-57-53-49-45-41-37-18-16-14-12-10-8-6-4-2/h10,12,16,18,24,27,55,59,64-65,69-70H,3-9,11,13-15,17,19-23,25-26,28-54,56-58,60-63H2,1-2H3,(H,68,71)/b12-10-,18-16-,27-24-,59-55+. The number of esters is 1. The van der Waals surface area contributed by atoms with E-state index in [0.717, 1.165) is 57.8 Å². The maximum Gasteiger partial charge on any atom is 0.305 e. The normalized spacial score (nSPS) is 12.9. The van der Waals surface area contributed by atoms with Gasteiger partial charge in [-0.25, -0.2) is 0 Å². The lowest BCUT2D eigenvalue weighted by Crippen LogP contribution is -2.45. The van der Waals surface area contributed by atoms with Crippen molar-refractivity contribution in [2.45, 2.75) is 353 Å². The molecule has 3 N–H and O–H groups in total. The Bertz CT molecular complexity index is 1230. The van der Waals surface area contributed by atoms with Gasteiger partial charge in [-0.3, -0.25) is 9.59 Å². The number of aliphatic hydroxyl groups excluding tert-OH is 2. The van der Waals surface area contributed by atoms with Crippen LogP contribution in [0.5, 0.6) is 0 Å². The number of hydrogen-bond donors (Lipinski definition) is 3. The van der Waals surface area contributed by atoms with E-state index in [1.54, 1.807) is 6.08 Å². The number of unbranched alkanes of at least 4 members (excludes halogenated alkanes) is 43. The maximum atomic E-state index is 12.5. The number of carbonyl (C=O) groups is 2. The summed E-state index contributed by atoms with van der Waals surface area (Å²) in [5, 5.41) is 23.2. The molecule has 0 aromatic heterocycles. The zero-order valence-electron chi connectivity index (χ0n) is 48.9. The number of rotatable bonds is 60. The number of allylic oxidation sites excluding steroid dienone is 7. The lowest BCUT2D eigenvalue weighted by atomic mass is 10.0. The van der Waals surface area contributed by atoms with Gasteiger partial charge in [-0.05, 0) is 83.5 Å². The number of aliphatic hydroxyl groups is 2. The molecule has 0 aliphatic heterocycles. The van der Waals surface area contributed by atoms with Gasteiger partial charge in [-0.2, -0.15) is 0 Å². The van der Waals surface area contributed by atoms with Crippen LogP contribution >= 0.6 is 0 Å². The first kappa shape index (κ1) is 70.8. The van der Waals surface area contributed by atoms with E-state index >= 15 is 0 Å². The van der Waals surface area contributed by atoms with Crippen molar-refractivity contribution in [3.63, 3.8) is 0 Å². The summed E-state index contributed by atoms with van der Waals surface area (Å²) in [5.41, 5.74) is 0. The second-order valence-electron chi connectivity index (χ2n) is 22.1. The Labute approximate surface area is 455 Å². The molecular weight excluding hydrogens is 899 g/mol. The van der Waals surface area contributed by atoms with Gasteiger partial charge < -0.3 is 20.3 Å². The fraction of sp³-hybridized carbons (Fsp3) is 0.851. The first-order valence-corrected chi connectivity index (χ1v) is 32.4. The van der Waals surface area contributed by atoms with E-state index in [1.807, 2.05) is 6.08 Å². The molecule has 6 nitrogen and oxygen atoms in total. The third kappa shape index (κ3) is 58.9. The molecule has 0 aromatic rings. The average molecular weight is 1020 g/mol. The highest BCUT2D eigenvalue weighted by Gasteiger charge is 2.18. The number of carbonyl (C=O) groups excluding carboxylic acids is 2. The van der Waals surface area contributed by atoms with Gasteiger partial charge in [0.1, 0.15) is 0 Å². The van der Waals surface area contributed by atoms with Crippen molar-refractivity contribution in [1.82, 2.24) is 5.32 Å². The van der Waals surface area contributed by atoms with Crippen LogP contribution in [-0.2, 0) is 14.3 Å². The molecule has 0 spiro atoms. The van der Waals surface area contributed by atoms with Crippen molar-refractivity contribution in [2.75, 3.05) is 13.2 Å². The van der Waals surface area contributed by atoms with Crippen LogP contribution in [0.3, 0.4) is 0 Å². The van der Waals surface area contributed by atoms with Crippen LogP contribution in [0.25, 0.3) is 0 Å². The zero-order valence-corrected chi connectivity index (χ0v) is 48.9. The number of amides is 1. The largest absolute Gasteiger partial charge is 0.466 e. The molecule has 0 aromatic carbocycles. The van der Waals surface area contributed by atoms with Crippen molar-refractivity contribution in [2.24, 2.45) is 0 Å². The van der Waals surface area contributed by atoms with Crippen molar-refractivity contribution in [3.8, 4) is 0 Å². The Balaban J connectivity index is 3.47. The second-order valence-corrected chi connectivity index (χ2v) is 22.1. The van der Waals surface area contributed by atoms with Gasteiger partial charge in [0.25, 0.3) is 0 Å². The lowest BCUT2D eigenvalue weighted by Gasteiger charge is -2.20. The Kier molecular flexibility index (Phi) is 60.5. The van der Waals surface area contributed by atoms with Gasteiger partial charge in [0.05, 0.1) is 25.4 Å². The molecule has 0 aliphatic rings. The topological polar surface area (TPSA) is 95.9 Å². The van der Waals surface area contributed by atoms with Crippen molar-refractivity contribution in [3.05, 3.63) is 48.6 Å². The monoisotopic (exact) mass is 1020 g/mol. The molecule has 428 valence electrons. The third-order valence-electron chi connectivity index (χ3n) is 14.8. The average Bonchev–Trinajstić information content (AvgIpc) is 3.39. The molecule has 0 radical (unpaired) electrons. The van der Waals surface area contributed by atoms with E-state index < -0.39 is 12.1 Å². The smallest absolute Gasteiger partial charge is 0.305 e. The fourth-order valence-electron chi connectivity index (χ4n) is 9.82. The summed E-state index contributed by atoms with van der Waals surface area (Å²) in [6.45, 7) is 4.87. The van der Waals surface area contributed by atoms with E-state index in [4.69, 9.17) is 4.74 Å². The molecule has 2 atom stereocenters. The summed E-state index contributed by atoms with van der Waals surface area (Å²) in [7, 11) is 0. The van der Waals surface area contributed by atoms with Crippen LogP contribution in [0, 0.1) is 0 Å². The van der Waals surface area contributed by atoms with E-state index in [9.17, 15) is 19.8 Å². The summed E-state index contributed by atoms with van der Waals surface area (Å²) >= 11 is 0. The summed E-state index contributed by atoms with van der Waals surface area (Å²) in [6, 6.07) is -0.636. The van der Waals surface area contributed by atoms with Gasteiger partial charge in [0.15, 0.2) is 0 Å².